The fraction of sp³-hybridized carbons (Fsp3) is 0.174. The Morgan fingerprint density at radius 3 is 1.69 bits per heavy atom. The number of halogens is 1. The topological polar surface area (TPSA) is 239 Å². The van der Waals surface area contributed by atoms with E-state index in [9.17, 15) is 29.8 Å². The van der Waals surface area contributed by atoms with Crippen molar-refractivity contribution < 1.29 is 137 Å². The van der Waals surface area contributed by atoms with E-state index in [1.54, 1.807) is 63.7 Å². The van der Waals surface area contributed by atoms with Crippen LogP contribution in [0.25, 0.3) is 11.0 Å². The number of benzene rings is 1. The molecule has 6 aromatic heterocycles. The van der Waals surface area contributed by atoms with Gasteiger partial charge in [0, 0.05) is 159 Å². The number of nitro groups is 2. The van der Waals surface area contributed by atoms with Gasteiger partial charge in [-0.3, -0.25) is 25.2 Å². The Kier molecular flexibility index (Phi) is 61.3. The summed E-state index contributed by atoms with van der Waals surface area (Å²) in [6.07, 6.45) is 20.3. The fourth-order valence-corrected chi connectivity index (χ4v) is 3.85. The first-order chi connectivity index (χ1) is 31.0. The number of aromatic nitrogens is 5. The Bertz CT molecular complexity index is 2270. The summed E-state index contributed by atoms with van der Waals surface area (Å²) in [7, 11) is 2.62. The molecular weight excluding hydrogens is 1170 g/mol. The molecule has 0 amide bonds. The molecule has 0 saturated heterocycles. The van der Waals surface area contributed by atoms with Gasteiger partial charge in [-0.1, -0.05) is 49.2 Å². The van der Waals surface area contributed by atoms with Crippen LogP contribution >= 0.6 is 17.0 Å². The van der Waals surface area contributed by atoms with Crippen molar-refractivity contribution in [3.05, 3.63) is 199 Å². The van der Waals surface area contributed by atoms with Crippen LogP contribution in [0, 0.1) is 53.3 Å². The molecule has 4 N–H and O–H groups in total. The van der Waals surface area contributed by atoms with E-state index in [0.29, 0.717) is 5.56 Å². The van der Waals surface area contributed by atoms with Gasteiger partial charge in [0.2, 0.25) is 5.75 Å². The van der Waals surface area contributed by atoms with Gasteiger partial charge in [-0.05, 0) is 54.6 Å². The molecule has 361 valence electrons. The number of non-ortho nitro benzene ring substituents is 1. The molecule has 7 rings (SSSR count). The molecule has 1 aromatic carbocycles. The summed E-state index contributed by atoms with van der Waals surface area (Å²) >= 11 is 0. The minimum atomic E-state index is -0.810. The number of ether oxygens (including phenoxy) is 2. The molecule has 0 aliphatic heterocycles. The number of hydrogen-bond acceptors (Lipinski definition) is 13. The van der Waals surface area contributed by atoms with Gasteiger partial charge in [0.1, 0.15) is 0 Å². The van der Waals surface area contributed by atoms with Crippen LogP contribution in [-0.2, 0) is 112 Å². The molecule has 0 spiro atoms. The summed E-state index contributed by atoms with van der Waals surface area (Å²) in [5.74, 6) is 10.6. The van der Waals surface area contributed by atoms with E-state index in [4.69, 9.17) is 11.7 Å². The first-order valence-corrected chi connectivity index (χ1v) is 19.0. The minimum absolute atomic E-state index is 0. The van der Waals surface area contributed by atoms with Crippen molar-refractivity contribution in [3.8, 4) is 18.1 Å². The molecule has 7 aromatic rings. The third-order valence-corrected chi connectivity index (χ3v) is 6.36. The average molecular weight is 1230 g/mol. The van der Waals surface area contributed by atoms with Crippen LogP contribution in [0.4, 0.5) is 11.4 Å². The largest absolute Gasteiger partial charge is 0.465 e. The maximum Gasteiger partial charge on any atom is 0.383 e. The van der Waals surface area contributed by atoms with Gasteiger partial charge in [-0.2, -0.15) is 31.8 Å². The molecular formula is C46H60BrN9O9Y3-2. The Hall–Kier alpha value is -4.38. The molecule has 0 aliphatic carbocycles. The number of nitro benzene ring substituents is 2. The van der Waals surface area contributed by atoms with Crippen molar-refractivity contribution in [1.82, 2.24) is 19.0 Å². The number of fused-ring (bicyclic) bond motifs is 2. The van der Waals surface area contributed by atoms with Gasteiger partial charge in [0.15, 0.2) is 12.4 Å². The number of pyridine rings is 4. The summed E-state index contributed by atoms with van der Waals surface area (Å²) in [4.78, 5) is 48.1. The first kappa shape index (κ1) is 77.8. The number of nitrogens with two attached hydrogens (primary N) is 2. The Labute approximate surface area is 485 Å². The van der Waals surface area contributed by atoms with Crippen molar-refractivity contribution >= 4 is 51.3 Å². The van der Waals surface area contributed by atoms with Crippen molar-refractivity contribution in [2.75, 3.05) is 20.1 Å². The van der Waals surface area contributed by atoms with Crippen LogP contribution in [0.2, 0.25) is 0 Å². The molecule has 3 radical (unpaired) electrons. The van der Waals surface area contributed by atoms with Gasteiger partial charge >= 0.3 is 17.6 Å². The van der Waals surface area contributed by atoms with E-state index < -0.39 is 27.2 Å². The van der Waals surface area contributed by atoms with E-state index in [1.807, 2.05) is 106 Å². The summed E-state index contributed by atoms with van der Waals surface area (Å²) in [5.41, 5.74) is 1.68. The molecule has 0 atom stereocenters. The quantitative estimate of drug-likeness (QED) is 0.0245. The molecule has 0 unspecified atom stereocenters. The van der Waals surface area contributed by atoms with Crippen LogP contribution in [0.3, 0.4) is 0 Å². The second kappa shape index (κ2) is 53.6. The number of esters is 2. The molecule has 6 heterocycles. The normalized spacial score (nSPS) is 7.91. The number of carbonyl (C=O) groups is 2. The van der Waals surface area contributed by atoms with E-state index >= 15 is 0 Å². The van der Waals surface area contributed by atoms with Gasteiger partial charge in [-0.25, -0.2) is 19.9 Å². The SMILES string of the molecule is Br.C#CC(=O)OC.CCC.COC(=O)c1ccn2ccccc12.NOc1ccc([N+](=O)[O-])cc1[N+](=O)[O-].N[n+]1ccccc1.[CH2-]C.[CH2-]C.[CH2-]C.[Y].[Y].[Y].c1ccn2nccc2c1.c1ccncc1. The molecule has 18 nitrogen and oxygen atoms in total. The average Bonchev–Trinajstić information content (AvgIpc) is 4.03. The Morgan fingerprint density at radius 2 is 1.29 bits per heavy atom. The van der Waals surface area contributed by atoms with Crippen LogP contribution < -0.4 is 21.3 Å². The zero-order valence-electron chi connectivity index (χ0n) is 39.4. The predicted molar refractivity (Wildman–Crippen MR) is 260 cm³/mol. The van der Waals surface area contributed by atoms with Crippen LogP contribution in [0.15, 0.2) is 153 Å². The van der Waals surface area contributed by atoms with Gasteiger partial charge in [0.25, 0.3) is 5.69 Å². The van der Waals surface area contributed by atoms with E-state index in [1.165, 1.54) is 25.3 Å². The number of carbonyl (C=O) groups excluding carboxylic acids is 2. The van der Waals surface area contributed by atoms with E-state index in [-0.39, 0.29) is 127 Å². The van der Waals surface area contributed by atoms with Gasteiger partial charge in [-0.15, -0.1) is 23.4 Å². The van der Waals surface area contributed by atoms with E-state index in [2.05, 4.69) is 65.4 Å². The number of hydrogen-bond donors (Lipinski definition) is 2. The Balaban J connectivity index is -0.000000128. The van der Waals surface area contributed by atoms with Crippen LogP contribution in [-0.4, -0.2) is 55.0 Å². The standard InChI is InChI=1S/C10H9NO2.C7H6N2.C6H5N3O5.C5H7N2.C5H5N.C4H4O2.C3H8.3C2H5.BrH.3Y/c1-13-10(12)8-5-7-11-6-3-2-4-9(8)11;1-2-6-9-7(3-1)4-5-8-9;7-14-6-2-1-4(8(10)11)3-5(6)9(12)13;6-7-4-2-1-3-5-7;1-2-4-6-5-3-1;1-3-4(5)6-2;1-3-2;3*1-2;;;;/h2-7H,1H3;1-6H;1-3H,7H2;1-5H,6H2;1-5H;1H,2H3;3H2,1-2H3;3*1H2,2H3;1H;;;/q;;;+1;;;;3*-1;;;;. The summed E-state index contributed by atoms with van der Waals surface area (Å²) in [5, 5.41) is 24.7. The second-order valence-corrected chi connectivity index (χ2v) is 10.6. The van der Waals surface area contributed by atoms with Gasteiger partial charge < -0.3 is 39.5 Å². The number of rotatable bonds is 4. The maximum atomic E-state index is 11.3. The van der Waals surface area contributed by atoms with Crippen molar-refractivity contribution in [2.45, 2.75) is 41.0 Å². The monoisotopic (exact) mass is 1230 g/mol. The summed E-state index contributed by atoms with van der Waals surface area (Å²) in [6, 6.07) is 29.7. The fourth-order valence-electron chi connectivity index (χ4n) is 3.85. The van der Waals surface area contributed by atoms with Crippen LogP contribution in [0.5, 0.6) is 5.75 Å². The molecule has 22 heteroatoms. The van der Waals surface area contributed by atoms with Crippen molar-refractivity contribution in [3.63, 3.8) is 0 Å². The molecule has 0 fully saturated rings. The molecule has 68 heavy (non-hydrogen) atoms. The van der Waals surface area contributed by atoms with E-state index in [0.717, 1.165) is 29.2 Å². The van der Waals surface area contributed by atoms with Crippen molar-refractivity contribution in [2.24, 2.45) is 5.90 Å². The minimum Gasteiger partial charge on any atom is -0.465 e. The van der Waals surface area contributed by atoms with Crippen molar-refractivity contribution in [1.29, 1.82) is 0 Å². The molecule has 0 saturated carbocycles. The number of methoxy groups -OCH3 is 2. The number of nitrogens with zero attached hydrogens (tertiary/aromatic N) is 7. The zero-order valence-corrected chi connectivity index (χ0v) is 49.7. The maximum absolute atomic E-state index is 11.3. The second-order valence-electron chi connectivity index (χ2n) is 10.6. The summed E-state index contributed by atoms with van der Waals surface area (Å²) in [6.45, 7) is 19.2. The van der Waals surface area contributed by atoms with Crippen LogP contribution in [0.1, 0.15) is 51.4 Å². The first-order valence-electron chi connectivity index (χ1n) is 19.0. The number of terminal acetylenes is 1. The molecule has 0 aliphatic rings. The number of nitrogen functional groups attached to an aromatic ring is 1. The predicted octanol–water partition coefficient (Wildman–Crippen LogP) is 8.89. The molecule has 0 bridgehead atoms. The third-order valence-electron chi connectivity index (χ3n) is 6.36. The zero-order chi connectivity index (χ0) is 49.1. The smallest absolute Gasteiger partial charge is 0.383 e. The summed E-state index contributed by atoms with van der Waals surface area (Å²) < 4.78 is 13.9. The third kappa shape index (κ3) is 35.7. The Morgan fingerprint density at radius 1 is 0.750 bits per heavy atom. The van der Waals surface area contributed by atoms with Gasteiger partial charge in [0.05, 0.1) is 46.7 Å².